The Kier molecular flexibility index (Phi) is 26.0. The third kappa shape index (κ3) is 15.7. The molecule has 3 rings (SSSR count). The number of hydrogen-bond acceptors (Lipinski definition) is 22. The number of hydrogen-bond donors (Lipinski definition) is 12. The zero-order valence-electron chi connectivity index (χ0n) is 23.0. The average molecular weight is 692 g/mol. The van der Waals surface area contributed by atoms with Crippen molar-refractivity contribution in [2.24, 2.45) is 0 Å². The maximum Gasteiger partial charge on any atom is 1.00 e. The van der Waals surface area contributed by atoms with Crippen molar-refractivity contribution in [1.29, 1.82) is 0 Å². The Labute approximate surface area is 311 Å². The van der Waals surface area contributed by atoms with Crippen molar-refractivity contribution in [2.75, 3.05) is 19.8 Å². The topological polar surface area (TPSA) is 408 Å². The summed E-state index contributed by atoms with van der Waals surface area (Å²) in [6.45, 7) is -2.01. The van der Waals surface area contributed by atoms with Crippen LogP contribution in [0.15, 0.2) is 34.6 Å². The molecule has 3 aliphatic rings. The van der Waals surface area contributed by atoms with Crippen molar-refractivity contribution in [3.8, 4) is 0 Å². The van der Waals surface area contributed by atoms with Crippen LogP contribution in [0.4, 0.5) is 0 Å². The number of aliphatic hydroxyl groups excluding tert-OH is 12. The first-order valence-corrected chi connectivity index (χ1v) is 11.8. The zero-order valence-corrected chi connectivity index (χ0v) is 29.9. The molecule has 44 heavy (non-hydrogen) atoms. The third-order valence-corrected chi connectivity index (χ3v) is 4.43. The summed E-state index contributed by atoms with van der Waals surface area (Å²) < 4.78 is 21.5. The predicted molar refractivity (Wildman–Crippen MR) is 113 cm³/mol. The van der Waals surface area contributed by atoms with E-state index in [9.17, 15) is 14.4 Å². The number of phosphoric acid groups is 1. The predicted octanol–water partition coefficient (Wildman–Crippen LogP) is -16.0. The molecule has 26 heteroatoms. The standard InChI is InChI=1S/3C6H8O6.3Na.H3O4P/c3*7-1-2(8)5-3(9)4(10)6(11)12-5;;;;1-5(2,3)4/h3*2,5,7-10H,1H2;;;;(H3,1,2,3,4)/q;;;3*+1;/p-3/t3*2-,5+;;;;/m000..../s1. The van der Waals surface area contributed by atoms with Crippen LogP contribution in [0.2, 0.25) is 0 Å². The normalized spacial score (nSPS) is 22.5. The molecule has 236 valence electrons. The number of carbonyl (C=O) groups is 3. The van der Waals surface area contributed by atoms with E-state index < -0.39 is 117 Å². The zero-order chi connectivity index (χ0) is 32.4. The van der Waals surface area contributed by atoms with E-state index in [0.717, 1.165) is 0 Å². The molecule has 0 aliphatic carbocycles. The van der Waals surface area contributed by atoms with Crippen LogP contribution in [0, 0.1) is 0 Å². The van der Waals surface area contributed by atoms with Crippen molar-refractivity contribution in [3.05, 3.63) is 34.6 Å². The van der Waals surface area contributed by atoms with Gasteiger partial charge in [-0.1, -0.05) is 0 Å². The fraction of sp³-hybridized carbons (Fsp3) is 0.500. The van der Waals surface area contributed by atoms with Crippen LogP contribution in [0.1, 0.15) is 0 Å². The molecule has 22 nitrogen and oxygen atoms in total. The molecule has 12 N–H and O–H groups in total. The van der Waals surface area contributed by atoms with E-state index in [1.165, 1.54) is 0 Å². The van der Waals surface area contributed by atoms with Crippen LogP contribution in [-0.4, -0.2) is 136 Å². The van der Waals surface area contributed by atoms with Gasteiger partial charge in [-0.2, -0.15) is 7.82 Å². The van der Waals surface area contributed by atoms with Gasteiger partial charge in [0.25, 0.3) is 0 Å². The van der Waals surface area contributed by atoms with E-state index in [4.69, 9.17) is 80.5 Å². The maximum absolute atomic E-state index is 10.5. The minimum absolute atomic E-state index is 0. The Morgan fingerprint density at radius 2 is 0.705 bits per heavy atom. The van der Waals surface area contributed by atoms with Crippen LogP contribution >= 0.6 is 7.82 Å². The molecule has 6 atom stereocenters. The minimum atomic E-state index is -5.39. The second-order valence-corrected chi connectivity index (χ2v) is 8.27. The van der Waals surface area contributed by atoms with Gasteiger partial charge in [-0.15, -0.1) is 0 Å². The average Bonchev–Trinajstić information content (AvgIpc) is 3.43. The van der Waals surface area contributed by atoms with Gasteiger partial charge in [-0.05, 0) is 0 Å². The van der Waals surface area contributed by atoms with Gasteiger partial charge in [0, 0.05) is 0 Å². The van der Waals surface area contributed by atoms with Gasteiger partial charge in [0.1, 0.15) is 18.3 Å². The monoisotopic (exact) mass is 692 g/mol. The molecule has 0 amide bonds. The first kappa shape index (κ1) is 50.2. The molecule has 0 radical (unpaired) electrons. The van der Waals surface area contributed by atoms with Crippen molar-refractivity contribution in [2.45, 2.75) is 36.6 Å². The molecule has 3 aliphatic heterocycles. The molecule has 0 fully saturated rings. The first-order valence-electron chi connectivity index (χ1n) is 10.3. The van der Waals surface area contributed by atoms with E-state index in [2.05, 4.69) is 14.2 Å². The van der Waals surface area contributed by atoms with E-state index in [1.54, 1.807) is 0 Å². The van der Waals surface area contributed by atoms with Crippen molar-refractivity contribution in [1.82, 2.24) is 0 Å². The summed E-state index contributed by atoms with van der Waals surface area (Å²) in [5.41, 5.74) is 0. The maximum atomic E-state index is 10.5. The van der Waals surface area contributed by atoms with E-state index in [-0.39, 0.29) is 88.7 Å². The summed E-state index contributed by atoms with van der Waals surface area (Å²) in [6, 6.07) is 0. The summed E-state index contributed by atoms with van der Waals surface area (Å²) in [7, 11) is -5.39. The van der Waals surface area contributed by atoms with Gasteiger partial charge in [0.15, 0.2) is 35.6 Å². The summed E-state index contributed by atoms with van der Waals surface area (Å²) in [5, 5.41) is 105. The molecule has 0 unspecified atom stereocenters. The Morgan fingerprint density at radius 3 is 0.795 bits per heavy atom. The first-order chi connectivity index (χ1) is 18.7. The van der Waals surface area contributed by atoms with Gasteiger partial charge in [-0.25, -0.2) is 14.4 Å². The summed E-state index contributed by atoms with van der Waals surface area (Å²) in [5.74, 6) is -8.34. The molecule has 0 aromatic carbocycles. The number of carbonyl (C=O) groups excluding carboxylic acids is 3. The molecule has 0 aromatic heterocycles. The molecular formula is C18H24Na3O22P. The Hall–Kier alpha value is -0.700. The second-order valence-electron chi connectivity index (χ2n) is 7.38. The Bertz CT molecular complexity index is 977. The molecule has 0 saturated carbocycles. The number of rotatable bonds is 6. The van der Waals surface area contributed by atoms with Crippen LogP contribution in [0.25, 0.3) is 0 Å². The molecule has 0 bridgehead atoms. The smallest absolute Gasteiger partial charge is 0.822 e. The van der Waals surface area contributed by atoms with Crippen LogP contribution in [0.5, 0.6) is 0 Å². The third-order valence-electron chi connectivity index (χ3n) is 4.43. The van der Waals surface area contributed by atoms with Crippen LogP contribution in [-0.2, 0) is 33.2 Å². The number of aliphatic hydroxyl groups is 12. The molecule has 3 heterocycles. The Balaban J connectivity index is -0.000000246. The van der Waals surface area contributed by atoms with Gasteiger partial charge >= 0.3 is 107 Å². The minimum Gasteiger partial charge on any atom is -0.822 e. The number of ether oxygens (including phenoxy) is 3. The summed E-state index contributed by atoms with van der Waals surface area (Å²) >= 11 is 0. The van der Waals surface area contributed by atoms with E-state index in [0.29, 0.717) is 0 Å². The largest absolute Gasteiger partial charge is 1.00 e. The van der Waals surface area contributed by atoms with Crippen molar-refractivity contribution >= 4 is 25.7 Å². The molecular weight excluding hydrogens is 668 g/mol. The Morgan fingerprint density at radius 1 is 0.545 bits per heavy atom. The van der Waals surface area contributed by atoms with Gasteiger partial charge in [-0.3, -0.25) is 0 Å². The van der Waals surface area contributed by atoms with E-state index >= 15 is 0 Å². The molecule has 0 aromatic rings. The van der Waals surface area contributed by atoms with Crippen LogP contribution in [0.3, 0.4) is 0 Å². The van der Waals surface area contributed by atoms with Gasteiger partial charge in [0.2, 0.25) is 17.3 Å². The van der Waals surface area contributed by atoms with Gasteiger partial charge in [0.05, 0.1) is 19.8 Å². The summed E-state index contributed by atoms with van der Waals surface area (Å²) in [4.78, 5) is 57.2. The fourth-order valence-electron chi connectivity index (χ4n) is 2.47. The van der Waals surface area contributed by atoms with E-state index in [1.807, 2.05) is 0 Å². The van der Waals surface area contributed by atoms with Crippen molar-refractivity contribution in [3.63, 3.8) is 0 Å². The number of esters is 3. The summed E-state index contributed by atoms with van der Waals surface area (Å²) in [6.07, 6.45) is -8.33. The quantitative estimate of drug-likeness (QED) is 0.0532. The van der Waals surface area contributed by atoms with Gasteiger partial charge < -0.3 is 94.7 Å². The SMILES string of the molecule is O=C1O[C@H]([C@@H](O)CO)C(O)=C1O.O=C1O[C@H]([C@@H](O)CO)C(O)=C1O.O=C1O[C@H]([C@@H](O)CO)C(O)=C1O.O=P([O-])([O-])[O-].[Na+].[Na+].[Na+]. The number of cyclic esters (lactones) is 3. The molecule has 0 saturated heterocycles. The van der Waals surface area contributed by atoms with Crippen LogP contribution < -0.4 is 103 Å². The van der Waals surface area contributed by atoms with Crippen molar-refractivity contribution < 1.29 is 198 Å². The molecule has 0 spiro atoms. The second kappa shape index (κ2) is 22.8. The fourth-order valence-corrected chi connectivity index (χ4v) is 2.47.